The minimum atomic E-state index is -0.598. The fourth-order valence-electron chi connectivity index (χ4n) is 2.09. The van der Waals surface area contributed by atoms with Gasteiger partial charge in [0, 0.05) is 17.0 Å². The number of aryl methyl sites for hydroxylation is 1. The van der Waals surface area contributed by atoms with Gasteiger partial charge in [-0.25, -0.2) is 13.8 Å². The highest BCUT2D eigenvalue weighted by Gasteiger charge is 2.08. The fraction of sp³-hybridized carbons (Fsp3) is 0.0625. The number of benzene rings is 2. The van der Waals surface area contributed by atoms with Gasteiger partial charge >= 0.3 is 0 Å². The van der Waals surface area contributed by atoms with Crippen molar-refractivity contribution in [1.82, 2.24) is 4.98 Å². The minimum Gasteiger partial charge on any atom is -0.248 e. The molecule has 0 bridgehead atoms. The van der Waals surface area contributed by atoms with Crippen LogP contribution in [0.4, 0.5) is 8.78 Å². The normalized spacial score (nSPS) is 10.9. The van der Waals surface area contributed by atoms with Crippen molar-refractivity contribution in [2.24, 2.45) is 0 Å². The smallest absolute Gasteiger partial charge is 0.135 e. The Morgan fingerprint density at radius 1 is 0.895 bits per heavy atom. The van der Waals surface area contributed by atoms with E-state index >= 15 is 0 Å². The van der Waals surface area contributed by atoms with Crippen LogP contribution in [-0.2, 0) is 0 Å². The van der Waals surface area contributed by atoms with Crippen molar-refractivity contribution < 1.29 is 8.78 Å². The van der Waals surface area contributed by atoms with Crippen molar-refractivity contribution in [2.45, 2.75) is 6.92 Å². The molecule has 0 radical (unpaired) electrons. The largest absolute Gasteiger partial charge is 0.248 e. The van der Waals surface area contributed by atoms with Crippen molar-refractivity contribution in [3.63, 3.8) is 0 Å². The molecule has 0 saturated heterocycles. The molecule has 0 N–H and O–H groups in total. The maximum absolute atomic E-state index is 13.7. The lowest BCUT2D eigenvalue weighted by Crippen LogP contribution is -1.90. The summed E-state index contributed by atoms with van der Waals surface area (Å²) in [6, 6.07) is 13.0. The molecule has 0 unspecified atom stereocenters. The number of fused-ring (bicyclic) bond motifs is 1. The van der Waals surface area contributed by atoms with Crippen molar-refractivity contribution >= 4 is 10.9 Å². The van der Waals surface area contributed by atoms with E-state index in [0.717, 1.165) is 22.5 Å². The average Bonchev–Trinajstić information content (AvgIpc) is 2.38. The van der Waals surface area contributed by atoms with E-state index < -0.39 is 11.6 Å². The quantitative estimate of drug-likeness (QED) is 0.624. The van der Waals surface area contributed by atoms with E-state index in [-0.39, 0.29) is 0 Å². The molecule has 1 aromatic heterocycles. The van der Waals surface area contributed by atoms with Crippen molar-refractivity contribution in [3.8, 4) is 11.3 Å². The number of rotatable bonds is 1. The molecular weight excluding hydrogens is 244 g/mol. The highest BCUT2D eigenvalue weighted by molar-refractivity contribution is 5.82. The maximum Gasteiger partial charge on any atom is 0.135 e. The van der Waals surface area contributed by atoms with Crippen LogP contribution in [0.2, 0.25) is 0 Å². The summed E-state index contributed by atoms with van der Waals surface area (Å²) in [5.74, 6) is -1.18. The molecule has 0 spiro atoms. The summed E-state index contributed by atoms with van der Waals surface area (Å²) < 4.78 is 26.6. The van der Waals surface area contributed by atoms with Gasteiger partial charge in [-0.2, -0.15) is 0 Å². The molecule has 0 aliphatic rings. The van der Waals surface area contributed by atoms with Gasteiger partial charge in [-0.05, 0) is 37.3 Å². The lowest BCUT2D eigenvalue weighted by Gasteiger charge is -2.05. The standard InChI is InChI=1S/C16H11F2N/c1-10-2-6-15-11(8-10)3-7-16(19-15)13-5-4-12(17)9-14(13)18/h2-9H,1H3. The first-order chi connectivity index (χ1) is 9.13. The number of aromatic nitrogens is 1. The predicted octanol–water partition coefficient (Wildman–Crippen LogP) is 4.49. The molecule has 19 heavy (non-hydrogen) atoms. The van der Waals surface area contributed by atoms with E-state index in [1.165, 1.54) is 12.1 Å². The second-order valence-corrected chi connectivity index (χ2v) is 4.52. The highest BCUT2D eigenvalue weighted by atomic mass is 19.1. The Morgan fingerprint density at radius 3 is 2.53 bits per heavy atom. The van der Waals surface area contributed by atoms with Crippen LogP contribution in [0.5, 0.6) is 0 Å². The molecule has 3 aromatic rings. The third-order valence-electron chi connectivity index (χ3n) is 3.05. The molecule has 0 aliphatic heterocycles. The molecule has 1 heterocycles. The van der Waals surface area contributed by atoms with Gasteiger partial charge in [0.15, 0.2) is 0 Å². The summed E-state index contributed by atoms with van der Waals surface area (Å²) in [6.07, 6.45) is 0. The van der Waals surface area contributed by atoms with Gasteiger partial charge in [-0.1, -0.05) is 17.7 Å². The SMILES string of the molecule is Cc1ccc2nc(-c3ccc(F)cc3F)ccc2c1. The number of nitrogens with zero attached hydrogens (tertiary/aromatic N) is 1. The topological polar surface area (TPSA) is 12.9 Å². The zero-order chi connectivity index (χ0) is 13.4. The van der Waals surface area contributed by atoms with E-state index in [0.29, 0.717) is 11.3 Å². The van der Waals surface area contributed by atoms with Crippen LogP contribution in [0.25, 0.3) is 22.2 Å². The number of hydrogen-bond donors (Lipinski definition) is 0. The molecule has 0 saturated carbocycles. The molecule has 3 heteroatoms. The van der Waals surface area contributed by atoms with E-state index in [2.05, 4.69) is 4.98 Å². The second kappa shape index (κ2) is 4.43. The first-order valence-electron chi connectivity index (χ1n) is 5.96. The third kappa shape index (κ3) is 2.19. The Hall–Kier alpha value is -2.29. The Bertz CT molecular complexity index is 766. The third-order valence-corrected chi connectivity index (χ3v) is 3.05. The van der Waals surface area contributed by atoms with Gasteiger partial charge in [0.1, 0.15) is 11.6 Å². The van der Waals surface area contributed by atoms with E-state index in [1.54, 1.807) is 6.07 Å². The molecule has 0 aliphatic carbocycles. The van der Waals surface area contributed by atoms with Crippen molar-refractivity contribution in [1.29, 1.82) is 0 Å². The molecule has 0 fully saturated rings. The monoisotopic (exact) mass is 255 g/mol. The van der Waals surface area contributed by atoms with E-state index in [4.69, 9.17) is 0 Å². The zero-order valence-corrected chi connectivity index (χ0v) is 10.3. The molecule has 0 atom stereocenters. The van der Waals surface area contributed by atoms with Crippen LogP contribution in [0, 0.1) is 18.6 Å². The summed E-state index contributed by atoms with van der Waals surface area (Å²) in [7, 11) is 0. The number of pyridine rings is 1. The maximum atomic E-state index is 13.7. The van der Waals surface area contributed by atoms with Gasteiger partial charge in [0.2, 0.25) is 0 Å². The van der Waals surface area contributed by atoms with E-state index in [1.807, 2.05) is 31.2 Å². The predicted molar refractivity (Wildman–Crippen MR) is 71.8 cm³/mol. The summed E-state index contributed by atoms with van der Waals surface area (Å²) >= 11 is 0. The molecule has 2 aromatic carbocycles. The lowest BCUT2D eigenvalue weighted by atomic mass is 10.1. The van der Waals surface area contributed by atoms with Gasteiger partial charge in [0.05, 0.1) is 11.2 Å². The van der Waals surface area contributed by atoms with Gasteiger partial charge in [0.25, 0.3) is 0 Å². The van der Waals surface area contributed by atoms with Gasteiger partial charge < -0.3 is 0 Å². The Kier molecular flexibility index (Phi) is 2.75. The summed E-state index contributed by atoms with van der Waals surface area (Å²) in [6.45, 7) is 2.01. The second-order valence-electron chi connectivity index (χ2n) is 4.52. The first kappa shape index (κ1) is 11.8. The van der Waals surface area contributed by atoms with Crippen LogP contribution in [0.1, 0.15) is 5.56 Å². The van der Waals surface area contributed by atoms with Gasteiger partial charge in [-0.3, -0.25) is 0 Å². The summed E-state index contributed by atoms with van der Waals surface area (Å²) in [4.78, 5) is 4.41. The lowest BCUT2D eigenvalue weighted by molar-refractivity contribution is 0.585. The van der Waals surface area contributed by atoms with Crippen LogP contribution < -0.4 is 0 Å². The molecular formula is C16H11F2N. The molecule has 3 rings (SSSR count). The zero-order valence-electron chi connectivity index (χ0n) is 10.3. The number of halogens is 2. The highest BCUT2D eigenvalue weighted by Crippen LogP contribution is 2.24. The van der Waals surface area contributed by atoms with Crippen molar-refractivity contribution in [3.05, 3.63) is 65.7 Å². The number of hydrogen-bond acceptors (Lipinski definition) is 1. The van der Waals surface area contributed by atoms with Crippen LogP contribution in [0.3, 0.4) is 0 Å². The Labute approximate surface area is 109 Å². The summed E-state index contributed by atoms with van der Waals surface area (Å²) in [5.41, 5.74) is 2.76. The van der Waals surface area contributed by atoms with Crippen LogP contribution in [-0.4, -0.2) is 4.98 Å². The molecule has 0 amide bonds. The molecule has 1 nitrogen and oxygen atoms in total. The van der Waals surface area contributed by atoms with Crippen LogP contribution >= 0.6 is 0 Å². The molecule has 94 valence electrons. The first-order valence-corrected chi connectivity index (χ1v) is 5.96. The Balaban J connectivity index is 2.17. The summed E-state index contributed by atoms with van der Waals surface area (Å²) in [5, 5.41) is 1.01. The van der Waals surface area contributed by atoms with Gasteiger partial charge in [-0.15, -0.1) is 0 Å². The van der Waals surface area contributed by atoms with E-state index in [9.17, 15) is 8.78 Å². The Morgan fingerprint density at radius 2 is 1.74 bits per heavy atom. The van der Waals surface area contributed by atoms with Crippen molar-refractivity contribution in [2.75, 3.05) is 0 Å². The van der Waals surface area contributed by atoms with Crippen LogP contribution in [0.15, 0.2) is 48.5 Å². The average molecular weight is 255 g/mol. The minimum absolute atomic E-state index is 0.309. The fourth-order valence-corrected chi connectivity index (χ4v) is 2.09.